The molecule has 3 aromatic carbocycles. The van der Waals surface area contributed by atoms with Gasteiger partial charge in [-0.05, 0) is 23.6 Å². The fourth-order valence-corrected chi connectivity index (χ4v) is 3.12. The molecule has 0 saturated heterocycles. The van der Waals surface area contributed by atoms with Gasteiger partial charge < -0.3 is 0 Å². The van der Waals surface area contributed by atoms with E-state index in [0.29, 0.717) is 16.6 Å². The van der Waals surface area contributed by atoms with Crippen LogP contribution in [0.1, 0.15) is 10.4 Å². The summed E-state index contributed by atoms with van der Waals surface area (Å²) in [5.74, 6) is -0.169. The van der Waals surface area contributed by atoms with Crippen molar-refractivity contribution in [1.29, 1.82) is 0 Å². The zero-order valence-electron chi connectivity index (χ0n) is 13.1. The van der Waals surface area contributed by atoms with Gasteiger partial charge in [-0.25, -0.2) is 15.0 Å². The van der Waals surface area contributed by atoms with Crippen molar-refractivity contribution in [2.75, 3.05) is 0 Å². The molecule has 0 spiro atoms. The number of hydrogen-bond acceptors (Lipinski definition) is 4. The van der Waals surface area contributed by atoms with E-state index < -0.39 is 0 Å². The molecule has 0 atom stereocenters. The van der Waals surface area contributed by atoms with Gasteiger partial charge in [0.2, 0.25) is 0 Å². The van der Waals surface area contributed by atoms with Gasteiger partial charge in [0, 0.05) is 17.8 Å². The largest absolute Gasteiger partial charge is 0.272 e. The highest BCUT2D eigenvalue weighted by molar-refractivity contribution is 6.10. The van der Waals surface area contributed by atoms with Crippen molar-refractivity contribution in [2.24, 2.45) is 0 Å². The molecule has 2 aromatic heterocycles. The Morgan fingerprint density at radius 1 is 0.840 bits per heavy atom. The van der Waals surface area contributed by atoms with Crippen LogP contribution in [0, 0.1) is 0 Å². The molecule has 5 rings (SSSR count). The van der Waals surface area contributed by atoms with Gasteiger partial charge in [-0.15, -0.1) is 0 Å². The molecule has 0 unspecified atom stereocenters. The Morgan fingerprint density at radius 3 is 2.60 bits per heavy atom. The number of aromatic nitrogens is 4. The zero-order valence-corrected chi connectivity index (χ0v) is 13.1. The molecule has 5 nitrogen and oxygen atoms in total. The first-order valence-electron chi connectivity index (χ1n) is 7.92. The first-order chi connectivity index (χ1) is 12.3. The number of rotatable bonds is 1. The van der Waals surface area contributed by atoms with Crippen LogP contribution in [0.5, 0.6) is 0 Å². The van der Waals surface area contributed by atoms with Gasteiger partial charge in [0.25, 0.3) is 5.91 Å². The van der Waals surface area contributed by atoms with Crippen LogP contribution >= 0.6 is 0 Å². The Labute approximate surface area is 142 Å². The quantitative estimate of drug-likeness (QED) is 0.347. The van der Waals surface area contributed by atoms with Gasteiger partial charge in [0.1, 0.15) is 11.8 Å². The number of benzene rings is 3. The summed E-state index contributed by atoms with van der Waals surface area (Å²) in [6.07, 6.45) is 4.70. The number of para-hydroxylation sites is 1. The van der Waals surface area contributed by atoms with Crippen molar-refractivity contribution >= 4 is 38.7 Å². The molecule has 0 radical (unpaired) electrons. The third-order valence-corrected chi connectivity index (χ3v) is 4.33. The lowest BCUT2D eigenvalue weighted by atomic mass is 10.1. The minimum Gasteiger partial charge on any atom is -0.272 e. The molecule has 0 bridgehead atoms. The highest BCUT2D eigenvalue weighted by Crippen LogP contribution is 2.26. The minimum absolute atomic E-state index is 0.169. The van der Waals surface area contributed by atoms with Gasteiger partial charge in [-0.1, -0.05) is 36.4 Å². The molecule has 0 fully saturated rings. The van der Waals surface area contributed by atoms with Crippen LogP contribution in [-0.2, 0) is 0 Å². The Bertz CT molecular complexity index is 1260. The monoisotopic (exact) mass is 324 g/mol. The predicted molar refractivity (Wildman–Crippen MR) is 96.5 cm³/mol. The van der Waals surface area contributed by atoms with E-state index in [4.69, 9.17) is 9.97 Å². The Balaban J connectivity index is 1.86. The lowest BCUT2D eigenvalue weighted by Crippen LogP contribution is -2.11. The maximum Gasteiger partial charge on any atom is 0.265 e. The van der Waals surface area contributed by atoms with Crippen LogP contribution in [0.4, 0.5) is 0 Å². The van der Waals surface area contributed by atoms with Crippen LogP contribution in [0.25, 0.3) is 32.8 Å². The number of imidazole rings is 1. The zero-order chi connectivity index (χ0) is 16.8. The van der Waals surface area contributed by atoms with Crippen molar-refractivity contribution < 1.29 is 4.79 Å². The molecule has 2 heterocycles. The van der Waals surface area contributed by atoms with E-state index >= 15 is 0 Å². The van der Waals surface area contributed by atoms with Gasteiger partial charge in [-0.2, -0.15) is 0 Å². The lowest BCUT2D eigenvalue weighted by molar-refractivity contribution is 0.0961. The lowest BCUT2D eigenvalue weighted by Gasteiger charge is -2.08. The summed E-state index contributed by atoms with van der Waals surface area (Å²) in [5, 5.41) is 2.13. The second-order valence-corrected chi connectivity index (χ2v) is 5.83. The van der Waals surface area contributed by atoms with E-state index in [1.807, 2.05) is 48.5 Å². The van der Waals surface area contributed by atoms with Gasteiger partial charge in [-0.3, -0.25) is 9.36 Å². The van der Waals surface area contributed by atoms with E-state index in [-0.39, 0.29) is 5.91 Å². The SMILES string of the molecule is O=C(c1cccc2nc3ccc4ccccc4c3nc12)n1ccnc1. The van der Waals surface area contributed by atoms with Crippen LogP contribution in [0.3, 0.4) is 0 Å². The Kier molecular flexibility index (Phi) is 2.87. The second kappa shape index (κ2) is 5.21. The molecule has 5 heteroatoms. The molecular weight excluding hydrogens is 312 g/mol. The second-order valence-electron chi connectivity index (χ2n) is 5.83. The molecule has 118 valence electrons. The average Bonchev–Trinajstić information content (AvgIpc) is 3.20. The van der Waals surface area contributed by atoms with Crippen LogP contribution in [-0.4, -0.2) is 25.4 Å². The molecule has 0 N–H and O–H groups in total. The number of carbonyl (C=O) groups is 1. The standard InChI is InChI=1S/C20H12N4O/c25-20(24-11-10-21-12-24)15-6-3-7-16-19(15)23-18-14-5-2-1-4-13(14)8-9-17(18)22-16/h1-12H. The van der Waals surface area contributed by atoms with Crippen LogP contribution in [0.15, 0.2) is 73.3 Å². The molecule has 5 aromatic rings. The van der Waals surface area contributed by atoms with Crippen molar-refractivity contribution in [3.63, 3.8) is 0 Å². The predicted octanol–water partition coefficient (Wildman–Crippen LogP) is 3.82. The van der Waals surface area contributed by atoms with Crippen molar-refractivity contribution in [2.45, 2.75) is 0 Å². The van der Waals surface area contributed by atoms with E-state index in [0.717, 1.165) is 21.8 Å². The highest BCUT2D eigenvalue weighted by Gasteiger charge is 2.15. The third kappa shape index (κ3) is 2.10. The maximum atomic E-state index is 12.8. The van der Waals surface area contributed by atoms with Crippen molar-refractivity contribution in [3.8, 4) is 0 Å². The first-order valence-corrected chi connectivity index (χ1v) is 7.92. The Morgan fingerprint density at radius 2 is 1.72 bits per heavy atom. The van der Waals surface area contributed by atoms with Crippen LogP contribution < -0.4 is 0 Å². The highest BCUT2D eigenvalue weighted by atomic mass is 16.2. The molecule has 25 heavy (non-hydrogen) atoms. The van der Waals surface area contributed by atoms with Gasteiger partial charge in [0.15, 0.2) is 0 Å². The number of nitrogens with zero attached hydrogens (tertiary/aromatic N) is 4. The molecule has 0 aliphatic rings. The topological polar surface area (TPSA) is 60.7 Å². The van der Waals surface area contributed by atoms with Crippen molar-refractivity contribution in [1.82, 2.24) is 19.5 Å². The Hall–Kier alpha value is -3.60. The summed E-state index contributed by atoms with van der Waals surface area (Å²) in [6, 6.07) is 17.5. The smallest absolute Gasteiger partial charge is 0.265 e. The average molecular weight is 324 g/mol. The maximum absolute atomic E-state index is 12.8. The van der Waals surface area contributed by atoms with Gasteiger partial charge >= 0.3 is 0 Å². The van der Waals surface area contributed by atoms with Crippen LogP contribution in [0.2, 0.25) is 0 Å². The van der Waals surface area contributed by atoms with E-state index in [9.17, 15) is 4.79 Å². The summed E-state index contributed by atoms with van der Waals surface area (Å²) in [6.45, 7) is 0. The minimum atomic E-state index is -0.169. The summed E-state index contributed by atoms with van der Waals surface area (Å²) in [7, 11) is 0. The summed E-state index contributed by atoms with van der Waals surface area (Å²) in [5.41, 5.74) is 3.44. The normalized spacial score (nSPS) is 11.4. The molecular formula is C20H12N4O. The number of carbonyl (C=O) groups excluding carboxylic acids is 1. The molecule has 0 saturated carbocycles. The van der Waals surface area contributed by atoms with E-state index in [1.54, 1.807) is 18.5 Å². The fraction of sp³-hybridized carbons (Fsp3) is 0. The molecule has 0 aliphatic carbocycles. The number of fused-ring (bicyclic) bond motifs is 4. The summed E-state index contributed by atoms with van der Waals surface area (Å²) < 4.78 is 1.45. The fourth-order valence-electron chi connectivity index (χ4n) is 3.12. The summed E-state index contributed by atoms with van der Waals surface area (Å²) in [4.78, 5) is 26.3. The van der Waals surface area contributed by atoms with Gasteiger partial charge in [0.05, 0.1) is 22.1 Å². The van der Waals surface area contributed by atoms with Crippen molar-refractivity contribution in [3.05, 3.63) is 78.9 Å². The third-order valence-electron chi connectivity index (χ3n) is 4.33. The molecule has 0 aliphatic heterocycles. The van der Waals surface area contributed by atoms with E-state index in [2.05, 4.69) is 4.98 Å². The first kappa shape index (κ1) is 13.8. The molecule has 0 amide bonds. The summed E-state index contributed by atoms with van der Waals surface area (Å²) >= 11 is 0. The number of hydrogen-bond donors (Lipinski definition) is 0. The van der Waals surface area contributed by atoms with E-state index in [1.165, 1.54) is 10.9 Å².